The van der Waals surface area contributed by atoms with Gasteiger partial charge in [-0.3, -0.25) is 15.6 Å². The second-order valence-electron chi connectivity index (χ2n) is 6.91. The second kappa shape index (κ2) is 9.64. The number of sulfonamides is 1. The van der Waals surface area contributed by atoms with E-state index in [1.54, 1.807) is 0 Å². The van der Waals surface area contributed by atoms with Gasteiger partial charge in [-0.1, -0.05) is 6.42 Å². The van der Waals surface area contributed by atoms with E-state index >= 15 is 0 Å². The third-order valence-electron chi connectivity index (χ3n) is 4.87. The van der Waals surface area contributed by atoms with Crippen LogP contribution in [-0.2, 0) is 14.8 Å². The van der Waals surface area contributed by atoms with E-state index in [0.29, 0.717) is 30.3 Å². The first-order valence-corrected chi connectivity index (χ1v) is 11.4. The number of carbonyl (C=O) groups is 1. The van der Waals surface area contributed by atoms with Crippen LogP contribution < -0.4 is 16.2 Å². The first-order chi connectivity index (χ1) is 13.5. The summed E-state index contributed by atoms with van der Waals surface area (Å²) in [6.07, 6.45) is 5.01. The summed E-state index contributed by atoms with van der Waals surface area (Å²) in [6, 6.07) is 5.92. The number of nitrogens with one attached hydrogen (secondary N) is 3. The van der Waals surface area contributed by atoms with Crippen molar-refractivity contribution in [2.24, 2.45) is 0 Å². The molecule has 2 aliphatic rings. The number of thiocarbonyl (C=S) groups is 1. The number of rotatable bonds is 5. The third kappa shape index (κ3) is 5.40. The van der Waals surface area contributed by atoms with E-state index in [-0.39, 0.29) is 11.0 Å². The smallest absolute Gasteiger partial charge is 0.269 e. The van der Waals surface area contributed by atoms with Crippen LogP contribution in [0.1, 0.15) is 42.5 Å². The van der Waals surface area contributed by atoms with Crippen molar-refractivity contribution in [3.63, 3.8) is 0 Å². The average Bonchev–Trinajstić information content (AvgIpc) is 3.25. The molecule has 2 saturated heterocycles. The van der Waals surface area contributed by atoms with Gasteiger partial charge in [-0.05, 0) is 62.2 Å². The molecule has 1 atom stereocenters. The normalized spacial score (nSPS) is 20.5. The Bertz CT molecular complexity index is 786. The molecular weight excluding hydrogens is 400 g/mol. The minimum Gasteiger partial charge on any atom is -0.376 e. The number of hydrogen-bond acceptors (Lipinski definition) is 5. The Morgan fingerprint density at radius 3 is 2.46 bits per heavy atom. The lowest BCUT2D eigenvalue weighted by Gasteiger charge is -2.25. The summed E-state index contributed by atoms with van der Waals surface area (Å²) in [5, 5.41) is 3.29. The minimum absolute atomic E-state index is 0.143. The Morgan fingerprint density at radius 1 is 1.11 bits per heavy atom. The van der Waals surface area contributed by atoms with Gasteiger partial charge in [0, 0.05) is 31.8 Å². The molecule has 0 spiro atoms. The number of benzene rings is 1. The number of carbonyl (C=O) groups excluding carboxylic acids is 1. The molecule has 10 heteroatoms. The molecule has 1 amide bonds. The van der Waals surface area contributed by atoms with E-state index in [1.807, 2.05) is 0 Å². The van der Waals surface area contributed by atoms with Crippen LogP contribution in [0.2, 0.25) is 0 Å². The van der Waals surface area contributed by atoms with Crippen molar-refractivity contribution in [2.75, 3.05) is 26.2 Å². The molecule has 2 fully saturated rings. The molecule has 1 aromatic carbocycles. The van der Waals surface area contributed by atoms with E-state index in [0.717, 1.165) is 38.7 Å². The van der Waals surface area contributed by atoms with Crippen LogP contribution in [0.3, 0.4) is 0 Å². The molecule has 28 heavy (non-hydrogen) atoms. The summed E-state index contributed by atoms with van der Waals surface area (Å²) in [5.74, 6) is -0.400. The molecule has 0 aliphatic carbocycles. The number of amides is 1. The van der Waals surface area contributed by atoms with Crippen LogP contribution in [0.4, 0.5) is 0 Å². The minimum atomic E-state index is -3.50. The van der Waals surface area contributed by atoms with E-state index < -0.39 is 15.9 Å². The zero-order valence-corrected chi connectivity index (χ0v) is 17.3. The summed E-state index contributed by atoms with van der Waals surface area (Å²) in [7, 11) is -3.50. The predicted molar refractivity (Wildman–Crippen MR) is 109 cm³/mol. The van der Waals surface area contributed by atoms with Crippen molar-refractivity contribution >= 4 is 33.3 Å². The molecule has 154 valence electrons. The molecule has 0 bridgehead atoms. The predicted octanol–water partition coefficient (Wildman–Crippen LogP) is 1.15. The fraction of sp³-hybridized carbons (Fsp3) is 0.556. The van der Waals surface area contributed by atoms with Crippen LogP contribution in [0.5, 0.6) is 0 Å². The zero-order chi connectivity index (χ0) is 20.0. The Morgan fingerprint density at radius 2 is 1.82 bits per heavy atom. The summed E-state index contributed by atoms with van der Waals surface area (Å²) < 4.78 is 32.3. The molecule has 2 heterocycles. The van der Waals surface area contributed by atoms with Crippen molar-refractivity contribution in [1.29, 1.82) is 0 Å². The molecule has 3 N–H and O–H groups in total. The monoisotopic (exact) mass is 426 g/mol. The zero-order valence-electron chi connectivity index (χ0n) is 15.6. The van der Waals surface area contributed by atoms with Gasteiger partial charge in [0.25, 0.3) is 5.91 Å². The lowest BCUT2D eigenvalue weighted by molar-refractivity contribution is 0.0943. The fourth-order valence-electron chi connectivity index (χ4n) is 3.27. The summed E-state index contributed by atoms with van der Waals surface area (Å²) >= 11 is 5.12. The van der Waals surface area contributed by atoms with Crippen LogP contribution in [0, 0.1) is 0 Å². The van der Waals surface area contributed by atoms with Gasteiger partial charge in [-0.15, -0.1) is 0 Å². The number of piperidine rings is 1. The van der Waals surface area contributed by atoms with E-state index in [2.05, 4.69) is 16.2 Å². The first kappa shape index (κ1) is 21.0. The first-order valence-electron chi connectivity index (χ1n) is 9.53. The van der Waals surface area contributed by atoms with Gasteiger partial charge in [0.15, 0.2) is 5.11 Å². The van der Waals surface area contributed by atoms with E-state index in [9.17, 15) is 13.2 Å². The lowest BCUT2D eigenvalue weighted by Crippen LogP contribution is -2.48. The Hall–Kier alpha value is -1.75. The van der Waals surface area contributed by atoms with Gasteiger partial charge in [-0.2, -0.15) is 4.31 Å². The highest BCUT2D eigenvalue weighted by molar-refractivity contribution is 7.89. The molecule has 0 aromatic heterocycles. The molecule has 3 rings (SSSR count). The van der Waals surface area contributed by atoms with Gasteiger partial charge < -0.3 is 10.1 Å². The van der Waals surface area contributed by atoms with Crippen molar-refractivity contribution in [2.45, 2.75) is 43.1 Å². The molecule has 8 nitrogen and oxygen atoms in total. The number of hydrogen-bond donors (Lipinski definition) is 3. The fourth-order valence-corrected chi connectivity index (χ4v) is 4.93. The third-order valence-corrected chi connectivity index (χ3v) is 7.03. The number of hydrazine groups is 1. The van der Waals surface area contributed by atoms with Crippen LogP contribution in [-0.4, -0.2) is 56.1 Å². The van der Waals surface area contributed by atoms with Crippen molar-refractivity contribution in [1.82, 2.24) is 20.5 Å². The van der Waals surface area contributed by atoms with E-state index in [1.165, 1.54) is 28.6 Å². The van der Waals surface area contributed by atoms with Crippen LogP contribution in [0.15, 0.2) is 29.2 Å². The van der Waals surface area contributed by atoms with Crippen molar-refractivity contribution in [3.05, 3.63) is 29.8 Å². The molecule has 2 aliphatic heterocycles. The van der Waals surface area contributed by atoms with Gasteiger partial charge in [-0.25, -0.2) is 8.42 Å². The highest BCUT2D eigenvalue weighted by Crippen LogP contribution is 2.20. The van der Waals surface area contributed by atoms with Crippen LogP contribution >= 0.6 is 12.2 Å². The summed E-state index contributed by atoms with van der Waals surface area (Å²) in [5.41, 5.74) is 5.48. The maximum absolute atomic E-state index is 12.6. The van der Waals surface area contributed by atoms with Gasteiger partial charge in [0.2, 0.25) is 10.0 Å². The summed E-state index contributed by atoms with van der Waals surface area (Å²) in [6.45, 7) is 2.45. The standard InChI is InChI=1S/C18H26N4O4S2/c23-17(20-21-18(27)19-13-15-5-4-12-26-15)14-6-8-16(9-7-14)28(24,25)22-10-2-1-3-11-22/h6-9,15H,1-5,10-13H2,(H,20,23)(H2,19,21,27)/t15-/m1/s1. The number of ether oxygens (including phenoxy) is 1. The van der Waals surface area contributed by atoms with E-state index in [4.69, 9.17) is 17.0 Å². The Balaban J connectivity index is 1.49. The lowest BCUT2D eigenvalue weighted by atomic mass is 10.2. The molecule has 0 saturated carbocycles. The molecule has 1 aromatic rings. The maximum Gasteiger partial charge on any atom is 0.269 e. The van der Waals surface area contributed by atoms with Gasteiger partial charge >= 0.3 is 0 Å². The van der Waals surface area contributed by atoms with Crippen LogP contribution in [0.25, 0.3) is 0 Å². The SMILES string of the molecule is O=C(NNC(=S)NC[C@H]1CCCO1)c1ccc(S(=O)(=O)N2CCCCC2)cc1. The number of nitrogens with zero attached hydrogens (tertiary/aromatic N) is 1. The van der Waals surface area contributed by atoms with Gasteiger partial charge in [0.1, 0.15) is 0 Å². The quantitative estimate of drug-likeness (QED) is 0.480. The van der Waals surface area contributed by atoms with Crippen molar-refractivity contribution in [3.8, 4) is 0 Å². The molecule has 0 unspecified atom stereocenters. The second-order valence-corrected chi connectivity index (χ2v) is 9.26. The van der Waals surface area contributed by atoms with Gasteiger partial charge in [0.05, 0.1) is 11.0 Å². The Labute approximate surface area is 171 Å². The largest absolute Gasteiger partial charge is 0.376 e. The van der Waals surface area contributed by atoms with Crippen molar-refractivity contribution < 1.29 is 17.9 Å². The molecule has 0 radical (unpaired) electrons. The topological polar surface area (TPSA) is 99.8 Å². The average molecular weight is 427 g/mol. The summed E-state index contributed by atoms with van der Waals surface area (Å²) in [4.78, 5) is 12.4. The highest BCUT2D eigenvalue weighted by atomic mass is 32.2. The maximum atomic E-state index is 12.6. The Kier molecular flexibility index (Phi) is 7.22. The molecular formula is C18H26N4O4S2. The highest BCUT2D eigenvalue weighted by Gasteiger charge is 2.26.